The lowest BCUT2D eigenvalue weighted by molar-refractivity contribution is 0.241. The molecule has 1 aromatic rings. The molecule has 0 aliphatic heterocycles. The van der Waals surface area contributed by atoms with Crippen LogP contribution < -0.4 is 4.74 Å². The molecule has 4 heteroatoms. The molecule has 1 nitrogen and oxygen atoms in total. The first-order chi connectivity index (χ1) is 7.83. The maximum absolute atomic E-state index is 5.81. The maximum Gasteiger partial charge on any atom is 0.147 e. The Morgan fingerprint density at radius 1 is 1.18 bits per heavy atom. The van der Waals surface area contributed by atoms with Crippen LogP contribution in [0.4, 0.5) is 0 Å². The minimum atomic E-state index is 0.287. The van der Waals surface area contributed by atoms with E-state index in [0.29, 0.717) is 12.5 Å². The molecule has 0 heterocycles. The van der Waals surface area contributed by atoms with Gasteiger partial charge in [-0.15, -0.1) is 11.6 Å². The van der Waals surface area contributed by atoms with E-state index in [1.165, 1.54) is 0 Å². The summed E-state index contributed by atoms with van der Waals surface area (Å²) in [6.07, 6.45) is 1.02. The monoisotopic (exact) mass is 382 g/mol. The van der Waals surface area contributed by atoms with Crippen molar-refractivity contribution in [1.82, 2.24) is 0 Å². The van der Waals surface area contributed by atoms with Gasteiger partial charge >= 0.3 is 0 Å². The number of rotatable bonds is 4. The lowest BCUT2D eigenvalue weighted by atomic mass is 9.93. The van der Waals surface area contributed by atoms with Gasteiger partial charge in [0.2, 0.25) is 0 Å². The summed E-state index contributed by atoms with van der Waals surface area (Å²) in [7, 11) is 0. The van der Waals surface area contributed by atoms with Crippen LogP contribution in [-0.2, 0) is 5.88 Å². The van der Waals surface area contributed by atoms with Crippen LogP contribution in [-0.4, -0.2) is 6.61 Å². The highest BCUT2D eigenvalue weighted by atomic mass is 79.9. The minimum absolute atomic E-state index is 0.287. The highest BCUT2D eigenvalue weighted by molar-refractivity contribution is 9.11. The van der Waals surface area contributed by atoms with E-state index >= 15 is 0 Å². The normalized spacial score (nSPS) is 11.6. The van der Waals surface area contributed by atoms with Crippen LogP contribution in [0.5, 0.6) is 5.75 Å². The second-order valence-corrected chi connectivity index (χ2v) is 7.16. The standard InChI is InChI=1S/C13H17Br2ClO/c1-13(2,3)4-5-17-12-10(14)6-9(8-16)7-11(12)15/h6-7H,4-5,8H2,1-3H3. The van der Waals surface area contributed by atoms with Crippen molar-refractivity contribution in [2.75, 3.05) is 6.61 Å². The fraction of sp³-hybridized carbons (Fsp3) is 0.538. The summed E-state index contributed by atoms with van der Waals surface area (Å²) in [6.45, 7) is 7.33. The van der Waals surface area contributed by atoms with Crippen LogP contribution in [0, 0.1) is 5.41 Å². The first kappa shape index (κ1) is 15.3. The predicted molar refractivity (Wildman–Crippen MR) is 81.0 cm³/mol. The molecular weight excluding hydrogens is 367 g/mol. The Kier molecular flexibility index (Phi) is 5.81. The van der Waals surface area contributed by atoms with Crippen molar-refractivity contribution < 1.29 is 4.74 Å². The highest BCUT2D eigenvalue weighted by Gasteiger charge is 2.13. The first-order valence-electron chi connectivity index (χ1n) is 5.50. The Labute approximate surface area is 125 Å². The first-order valence-corrected chi connectivity index (χ1v) is 7.62. The van der Waals surface area contributed by atoms with Crippen LogP contribution in [0.15, 0.2) is 21.1 Å². The van der Waals surface area contributed by atoms with Crippen LogP contribution >= 0.6 is 43.5 Å². The summed E-state index contributed by atoms with van der Waals surface area (Å²) in [6, 6.07) is 3.98. The predicted octanol–water partition coefficient (Wildman–Crippen LogP) is 5.77. The number of hydrogen-bond donors (Lipinski definition) is 0. The van der Waals surface area contributed by atoms with Gasteiger partial charge in [-0.2, -0.15) is 0 Å². The summed E-state index contributed by atoms with van der Waals surface area (Å²) < 4.78 is 7.69. The molecule has 0 radical (unpaired) electrons. The average molecular weight is 385 g/mol. The molecule has 0 bridgehead atoms. The van der Waals surface area contributed by atoms with Crippen molar-refractivity contribution in [3.05, 3.63) is 26.6 Å². The van der Waals surface area contributed by atoms with Gasteiger partial charge in [0.25, 0.3) is 0 Å². The van der Waals surface area contributed by atoms with E-state index in [1.54, 1.807) is 0 Å². The van der Waals surface area contributed by atoms with Crippen LogP contribution in [0.3, 0.4) is 0 Å². The van der Waals surface area contributed by atoms with Gasteiger partial charge in [-0.3, -0.25) is 0 Å². The van der Waals surface area contributed by atoms with Crippen LogP contribution in [0.2, 0.25) is 0 Å². The third kappa shape index (κ3) is 5.19. The Hall–Kier alpha value is 0.270. The van der Waals surface area contributed by atoms with Gasteiger partial charge in [-0.05, 0) is 61.4 Å². The fourth-order valence-corrected chi connectivity index (χ4v) is 2.95. The second-order valence-electron chi connectivity index (χ2n) is 5.18. The number of hydrogen-bond acceptors (Lipinski definition) is 1. The Bertz CT molecular complexity index is 362. The van der Waals surface area contributed by atoms with Crippen LogP contribution in [0.1, 0.15) is 32.8 Å². The number of ether oxygens (including phenoxy) is 1. The molecule has 96 valence electrons. The highest BCUT2D eigenvalue weighted by Crippen LogP contribution is 2.35. The molecule has 0 aromatic heterocycles. The second kappa shape index (κ2) is 6.44. The molecule has 0 atom stereocenters. The molecule has 0 saturated carbocycles. The maximum atomic E-state index is 5.81. The van der Waals surface area contributed by atoms with Gasteiger partial charge in [0.05, 0.1) is 15.6 Å². The molecule has 1 rings (SSSR count). The number of halogens is 3. The molecule has 0 spiro atoms. The summed E-state index contributed by atoms with van der Waals surface area (Å²) in [5, 5.41) is 0. The van der Waals surface area contributed by atoms with Gasteiger partial charge in [0, 0.05) is 5.88 Å². The molecule has 17 heavy (non-hydrogen) atoms. The zero-order valence-electron chi connectivity index (χ0n) is 10.3. The van der Waals surface area contributed by atoms with E-state index in [0.717, 1.165) is 26.7 Å². The molecule has 0 fully saturated rings. The van der Waals surface area contributed by atoms with E-state index in [4.69, 9.17) is 16.3 Å². The van der Waals surface area contributed by atoms with Crippen molar-refractivity contribution in [3.8, 4) is 5.75 Å². The van der Waals surface area contributed by atoms with Crippen molar-refractivity contribution in [1.29, 1.82) is 0 Å². The SMILES string of the molecule is CC(C)(C)CCOc1c(Br)cc(CCl)cc1Br. The van der Waals surface area contributed by atoms with Crippen molar-refractivity contribution in [2.24, 2.45) is 5.41 Å². The van der Waals surface area contributed by atoms with Gasteiger partial charge < -0.3 is 4.74 Å². The van der Waals surface area contributed by atoms with E-state index in [1.807, 2.05) is 12.1 Å². The Morgan fingerprint density at radius 3 is 2.12 bits per heavy atom. The van der Waals surface area contributed by atoms with Crippen molar-refractivity contribution in [3.63, 3.8) is 0 Å². The third-order valence-corrected chi connectivity index (χ3v) is 3.80. The minimum Gasteiger partial charge on any atom is -0.491 e. The lowest BCUT2D eigenvalue weighted by Crippen LogP contribution is -2.11. The van der Waals surface area contributed by atoms with Gasteiger partial charge in [0.15, 0.2) is 0 Å². The van der Waals surface area contributed by atoms with E-state index in [9.17, 15) is 0 Å². The number of benzene rings is 1. The van der Waals surface area contributed by atoms with E-state index < -0.39 is 0 Å². The molecule has 1 aromatic carbocycles. The van der Waals surface area contributed by atoms with Gasteiger partial charge in [-0.25, -0.2) is 0 Å². The zero-order valence-corrected chi connectivity index (χ0v) is 14.2. The molecule has 0 aliphatic rings. The molecule has 0 saturated heterocycles. The summed E-state index contributed by atoms with van der Waals surface area (Å²) >= 11 is 12.8. The Morgan fingerprint density at radius 2 is 1.71 bits per heavy atom. The zero-order chi connectivity index (χ0) is 13.1. The molecule has 0 unspecified atom stereocenters. The van der Waals surface area contributed by atoms with E-state index in [-0.39, 0.29) is 5.41 Å². The van der Waals surface area contributed by atoms with Crippen molar-refractivity contribution >= 4 is 43.5 Å². The lowest BCUT2D eigenvalue weighted by Gasteiger charge is -2.19. The molecule has 0 N–H and O–H groups in total. The fourth-order valence-electron chi connectivity index (χ4n) is 1.29. The molecule has 0 amide bonds. The number of alkyl halides is 1. The topological polar surface area (TPSA) is 9.23 Å². The summed E-state index contributed by atoms with van der Waals surface area (Å²) in [5.41, 5.74) is 1.35. The van der Waals surface area contributed by atoms with Crippen molar-refractivity contribution in [2.45, 2.75) is 33.1 Å². The summed E-state index contributed by atoms with van der Waals surface area (Å²) in [4.78, 5) is 0. The average Bonchev–Trinajstić information content (AvgIpc) is 2.20. The third-order valence-electron chi connectivity index (χ3n) is 2.31. The van der Waals surface area contributed by atoms with E-state index in [2.05, 4.69) is 52.6 Å². The van der Waals surface area contributed by atoms with Gasteiger partial charge in [0.1, 0.15) is 5.75 Å². The summed E-state index contributed by atoms with van der Waals surface area (Å²) in [5.74, 6) is 1.35. The molecular formula is C13H17Br2ClO. The quantitative estimate of drug-likeness (QED) is 0.599. The Balaban J connectivity index is 2.72. The van der Waals surface area contributed by atoms with Gasteiger partial charge in [-0.1, -0.05) is 20.8 Å². The smallest absolute Gasteiger partial charge is 0.147 e. The van der Waals surface area contributed by atoms with Crippen LogP contribution in [0.25, 0.3) is 0 Å². The molecule has 0 aliphatic carbocycles. The largest absolute Gasteiger partial charge is 0.491 e.